The van der Waals surface area contributed by atoms with Gasteiger partial charge in [-0.1, -0.05) is 24.9 Å². The molecular weight excluding hydrogens is 439 g/mol. The fraction of sp³-hybridized carbons (Fsp3) is 0. The summed E-state index contributed by atoms with van der Waals surface area (Å²) in [5.41, 5.74) is 1.75. The van der Waals surface area contributed by atoms with Crippen molar-refractivity contribution in [2.45, 2.75) is 0 Å². The van der Waals surface area contributed by atoms with Gasteiger partial charge < -0.3 is 10.3 Å². The van der Waals surface area contributed by atoms with Gasteiger partial charge in [0, 0.05) is 11.6 Å². The number of pyridine rings is 2. The van der Waals surface area contributed by atoms with Crippen LogP contribution in [0, 0.1) is 0 Å². The van der Waals surface area contributed by atoms with Gasteiger partial charge in [0.2, 0.25) is 0 Å². The molecular formula is C20H15FN6O2S2. The van der Waals surface area contributed by atoms with Crippen LogP contribution in [0.3, 0.4) is 0 Å². The molecule has 2 amide bonds. The normalized spacial score (nSPS) is 10.9. The molecule has 8 nitrogen and oxygen atoms in total. The van der Waals surface area contributed by atoms with Crippen LogP contribution in [0.25, 0.3) is 27.6 Å². The van der Waals surface area contributed by atoms with Crippen molar-refractivity contribution in [3.05, 3.63) is 82.0 Å². The van der Waals surface area contributed by atoms with E-state index < -0.39 is 11.2 Å². The van der Waals surface area contributed by atoms with Gasteiger partial charge >= 0.3 is 6.03 Å². The molecule has 3 N–H and O–H groups in total. The third kappa shape index (κ3) is 4.62. The largest absolute Gasteiger partial charge is 0.345 e. The summed E-state index contributed by atoms with van der Waals surface area (Å²) in [5, 5.41) is 3.30. The summed E-state index contributed by atoms with van der Waals surface area (Å²) in [6.07, 6.45) is 4.66. The van der Waals surface area contributed by atoms with Crippen molar-refractivity contribution < 1.29 is 9.18 Å². The first-order valence-corrected chi connectivity index (χ1v) is 10.4. The number of nitrogens with zero attached hydrogens (tertiary/aromatic N) is 3. The second kappa shape index (κ2) is 8.66. The van der Waals surface area contributed by atoms with E-state index in [0.29, 0.717) is 26.6 Å². The summed E-state index contributed by atoms with van der Waals surface area (Å²) in [4.78, 5) is 36.4. The number of thioether (sulfide) groups is 1. The highest BCUT2D eigenvalue weighted by Gasteiger charge is 2.09. The first-order chi connectivity index (χ1) is 14.9. The van der Waals surface area contributed by atoms with Crippen LogP contribution in [0.1, 0.15) is 0 Å². The second-order valence-electron chi connectivity index (χ2n) is 6.24. The summed E-state index contributed by atoms with van der Waals surface area (Å²) in [5.74, 6) is 0.403. The number of aromatic nitrogens is 4. The Morgan fingerprint density at radius 1 is 1.19 bits per heavy atom. The van der Waals surface area contributed by atoms with Gasteiger partial charge in [-0.15, -0.1) is 0 Å². The lowest BCUT2D eigenvalue weighted by molar-refractivity contribution is 0.257. The van der Waals surface area contributed by atoms with Gasteiger partial charge in [-0.05, 0) is 47.7 Å². The number of rotatable bonds is 6. The van der Waals surface area contributed by atoms with Crippen LogP contribution in [0.2, 0.25) is 0 Å². The molecule has 31 heavy (non-hydrogen) atoms. The molecule has 0 atom stereocenters. The number of hydrogen-bond donors (Lipinski definition) is 3. The van der Waals surface area contributed by atoms with E-state index >= 15 is 0 Å². The lowest BCUT2D eigenvalue weighted by Crippen LogP contribution is -2.23. The Labute approximate surface area is 183 Å². The van der Waals surface area contributed by atoms with E-state index in [9.17, 15) is 14.0 Å². The van der Waals surface area contributed by atoms with Gasteiger partial charge in [-0.3, -0.25) is 14.1 Å². The number of carbonyl (C=O) groups excluding carboxylic acids is 1. The minimum atomic E-state index is -0.614. The van der Waals surface area contributed by atoms with Crippen molar-refractivity contribution in [3.8, 4) is 5.82 Å². The highest BCUT2D eigenvalue weighted by atomic mass is 32.2. The zero-order valence-corrected chi connectivity index (χ0v) is 17.5. The minimum Gasteiger partial charge on any atom is -0.345 e. The SMILES string of the molecule is C=C(F)SC(=C)SNC(=O)Nc1ccc(-n2ccc3cc4[nH]cnc4cc3c2=O)nc1. The van der Waals surface area contributed by atoms with E-state index in [1.54, 1.807) is 30.7 Å². The predicted octanol–water partition coefficient (Wildman–Crippen LogP) is 4.68. The molecule has 3 aromatic heterocycles. The average Bonchev–Trinajstić information content (AvgIpc) is 3.19. The standard InChI is InChI=1S/C20H15FN6O2S2/c1-11(21)30-12(2)31-26-20(29)25-14-3-4-18(22-9-14)27-6-5-13-7-16-17(24-10-23-16)8-15(13)19(27)28/h3-10H,1-2H2,(H,23,24)(H2,25,26,29). The number of amides is 2. The fourth-order valence-electron chi connectivity index (χ4n) is 2.86. The van der Waals surface area contributed by atoms with Crippen LogP contribution in [-0.2, 0) is 0 Å². The van der Waals surface area contributed by atoms with Gasteiger partial charge in [0.15, 0.2) is 5.16 Å². The van der Waals surface area contributed by atoms with Crippen molar-refractivity contribution >= 4 is 57.2 Å². The number of H-pyrrole nitrogens is 1. The minimum absolute atomic E-state index is 0.227. The fourth-order valence-corrected chi connectivity index (χ4v) is 3.93. The molecule has 0 unspecified atom stereocenters. The highest BCUT2D eigenvalue weighted by molar-refractivity contribution is 8.23. The lowest BCUT2D eigenvalue weighted by Gasteiger charge is -2.09. The highest BCUT2D eigenvalue weighted by Crippen LogP contribution is 2.30. The zero-order chi connectivity index (χ0) is 22.0. The number of benzene rings is 1. The number of fused-ring (bicyclic) bond motifs is 2. The summed E-state index contributed by atoms with van der Waals surface area (Å²) in [6, 6.07) is 8.14. The molecule has 0 spiro atoms. The molecule has 0 aliphatic heterocycles. The molecule has 0 fully saturated rings. The number of halogens is 1. The van der Waals surface area contributed by atoms with E-state index in [1.807, 2.05) is 12.1 Å². The number of hydrogen-bond acceptors (Lipinski definition) is 6. The topological polar surface area (TPSA) is 105 Å². The monoisotopic (exact) mass is 454 g/mol. The number of carbonyl (C=O) groups is 1. The van der Waals surface area contributed by atoms with Crippen LogP contribution in [0.5, 0.6) is 0 Å². The van der Waals surface area contributed by atoms with Crippen molar-refractivity contribution in [1.82, 2.24) is 24.2 Å². The molecule has 0 radical (unpaired) electrons. The van der Waals surface area contributed by atoms with E-state index in [1.165, 1.54) is 10.8 Å². The molecule has 156 valence electrons. The van der Waals surface area contributed by atoms with Gasteiger partial charge in [0.05, 0.1) is 33.5 Å². The molecule has 0 aliphatic rings. The summed E-state index contributed by atoms with van der Waals surface area (Å²) in [7, 11) is 0. The number of urea groups is 1. The van der Waals surface area contributed by atoms with E-state index in [2.05, 4.69) is 38.1 Å². The summed E-state index contributed by atoms with van der Waals surface area (Å²) >= 11 is 1.59. The average molecular weight is 455 g/mol. The maximum Gasteiger partial charge on any atom is 0.329 e. The van der Waals surface area contributed by atoms with Crippen LogP contribution in [0.15, 0.2) is 76.4 Å². The Bertz CT molecular complexity index is 1380. The number of anilines is 1. The maximum atomic E-state index is 12.9. The second-order valence-corrected chi connectivity index (χ2v) is 8.54. The van der Waals surface area contributed by atoms with Gasteiger partial charge in [0.25, 0.3) is 5.56 Å². The molecule has 3 heterocycles. The quantitative estimate of drug-likeness (QED) is 0.366. The molecule has 11 heteroatoms. The Balaban J connectivity index is 1.49. The van der Waals surface area contributed by atoms with Gasteiger partial charge in [-0.2, -0.15) is 4.39 Å². The third-order valence-corrected chi connectivity index (χ3v) is 5.64. The number of nitrogens with one attached hydrogen (secondary N) is 3. The number of aromatic amines is 1. The Hall–Kier alpha value is -3.57. The molecule has 0 bridgehead atoms. The van der Waals surface area contributed by atoms with Crippen LogP contribution in [0.4, 0.5) is 14.9 Å². The van der Waals surface area contributed by atoms with Gasteiger partial charge in [-0.25, -0.2) is 14.8 Å². The van der Waals surface area contributed by atoms with Crippen LogP contribution in [-0.4, -0.2) is 25.6 Å². The van der Waals surface area contributed by atoms with Crippen molar-refractivity contribution in [2.75, 3.05) is 5.32 Å². The Morgan fingerprint density at radius 3 is 2.77 bits per heavy atom. The molecule has 4 aromatic rings. The number of imidazole rings is 1. The third-order valence-electron chi connectivity index (χ3n) is 4.18. The summed E-state index contributed by atoms with van der Waals surface area (Å²) < 4.78 is 16.9. The van der Waals surface area contributed by atoms with E-state index in [-0.39, 0.29) is 5.56 Å². The van der Waals surface area contributed by atoms with Crippen LogP contribution < -0.4 is 15.6 Å². The molecule has 0 saturated carbocycles. The molecule has 0 aliphatic carbocycles. The predicted molar refractivity (Wildman–Crippen MR) is 124 cm³/mol. The lowest BCUT2D eigenvalue weighted by atomic mass is 10.1. The van der Waals surface area contributed by atoms with E-state index in [4.69, 9.17) is 0 Å². The maximum absolute atomic E-state index is 12.9. The van der Waals surface area contributed by atoms with Crippen molar-refractivity contribution in [1.29, 1.82) is 0 Å². The Kier molecular flexibility index (Phi) is 5.78. The molecule has 4 rings (SSSR count). The first-order valence-electron chi connectivity index (χ1n) is 8.80. The first kappa shape index (κ1) is 20.7. The van der Waals surface area contributed by atoms with Crippen molar-refractivity contribution in [3.63, 3.8) is 0 Å². The Morgan fingerprint density at radius 2 is 2.03 bits per heavy atom. The summed E-state index contributed by atoms with van der Waals surface area (Å²) in [6.45, 7) is 6.71. The zero-order valence-electron chi connectivity index (χ0n) is 15.9. The molecule has 1 aromatic carbocycles. The smallest absolute Gasteiger partial charge is 0.329 e. The van der Waals surface area contributed by atoms with Crippen LogP contribution >= 0.6 is 23.7 Å². The van der Waals surface area contributed by atoms with Crippen molar-refractivity contribution in [2.24, 2.45) is 0 Å². The van der Waals surface area contributed by atoms with E-state index in [0.717, 1.165) is 34.6 Å². The van der Waals surface area contributed by atoms with Gasteiger partial charge in [0.1, 0.15) is 5.82 Å². The molecule has 0 saturated heterocycles.